The van der Waals surface area contributed by atoms with Crippen molar-refractivity contribution in [2.45, 2.75) is 0 Å². The second-order valence-electron chi connectivity index (χ2n) is 5.20. The molecule has 0 unspecified atom stereocenters. The molecule has 0 fully saturated rings. The Bertz CT molecular complexity index is 829. The van der Waals surface area contributed by atoms with E-state index in [9.17, 15) is 4.79 Å². The van der Waals surface area contributed by atoms with Crippen LogP contribution in [0.25, 0.3) is 11.6 Å². The Morgan fingerprint density at radius 2 is 1.95 bits per heavy atom. The molecule has 2 aliphatic heterocycles. The third kappa shape index (κ3) is 2.01. The molecular weight excluding hydrogens is 346 g/mol. The van der Waals surface area contributed by atoms with Crippen LogP contribution in [0.1, 0.15) is 11.1 Å². The van der Waals surface area contributed by atoms with Gasteiger partial charge in [0.2, 0.25) is 6.79 Å². The molecule has 22 heavy (non-hydrogen) atoms. The van der Waals surface area contributed by atoms with Crippen LogP contribution >= 0.6 is 15.9 Å². The molecule has 0 radical (unpaired) electrons. The van der Waals surface area contributed by atoms with E-state index in [4.69, 9.17) is 9.47 Å². The minimum absolute atomic E-state index is 0.00855. The molecule has 2 aliphatic rings. The van der Waals surface area contributed by atoms with E-state index < -0.39 is 0 Å². The predicted molar refractivity (Wildman–Crippen MR) is 88.0 cm³/mol. The van der Waals surface area contributed by atoms with Gasteiger partial charge in [-0.15, -0.1) is 0 Å². The van der Waals surface area contributed by atoms with E-state index >= 15 is 0 Å². The lowest BCUT2D eigenvalue weighted by Crippen LogP contribution is -2.20. The fourth-order valence-corrected chi connectivity index (χ4v) is 3.09. The van der Waals surface area contributed by atoms with Gasteiger partial charge in [-0.2, -0.15) is 0 Å². The first-order valence-electron chi connectivity index (χ1n) is 6.83. The van der Waals surface area contributed by atoms with E-state index in [1.807, 2.05) is 42.5 Å². The van der Waals surface area contributed by atoms with Crippen molar-refractivity contribution in [3.63, 3.8) is 0 Å². The van der Waals surface area contributed by atoms with Crippen molar-refractivity contribution in [2.24, 2.45) is 0 Å². The lowest BCUT2D eigenvalue weighted by atomic mass is 10.0. The molecule has 110 valence electrons. The lowest BCUT2D eigenvalue weighted by molar-refractivity contribution is -0.112. The van der Waals surface area contributed by atoms with Crippen LogP contribution in [0.15, 0.2) is 40.9 Å². The largest absolute Gasteiger partial charge is 0.454 e. The normalized spacial score (nSPS) is 17.3. The second kappa shape index (κ2) is 4.88. The van der Waals surface area contributed by atoms with E-state index in [1.165, 1.54) is 0 Å². The molecule has 0 bridgehead atoms. The number of carbonyl (C=O) groups is 1. The number of ether oxygens (including phenoxy) is 2. The Hall–Kier alpha value is -2.27. The highest BCUT2D eigenvalue weighted by atomic mass is 79.9. The van der Waals surface area contributed by atoms with Crippen molar-refractivity contribution in [3.8, 4) is 11.5 Å². The topological polar surface area (TPSA) is 38.8 Å². The molecule has 4 rings (SSSR count). The van der Waals surface area contributed by atoms with Crippen LogP contribution < -0.4 is 14.4 Å². The zero-order valence-electron chi connectivity index (χ0n) is 11.8. The Kier molecular flexibility index (Phi) is 2.97. The van der Waals surface area contributed by atoms with Crippen LogP contribution in [0.2, 0.25) is 0 Å². The van der Waals surface area contributed by atoms with Crippen molar-refractivity contribution in [1.82, 2.24) is 0 Å². The Labute approximate surface area is 136 Å². The quantitative estimate of drug-likeness (QED) is 0.730. The maximum Gasteiger partial charge on any atom is 0.258 e. The molecule has 0 N–H and O–H groups in total. The molecular formula is C17H12BrNO3. The third-order valence-electron chi connectivity index (χ3n) is 3.85. The minimum Gasteiger partial charge on any atom is -0.454 e. The summed E-state index contributed by atoms with van der Waals surface area (Å²) < 4.78 is 11.6. The number of rotatable bonds is 1. The van der Waals surface area contributed by atoms with Gasteiger partial charge in [-0.05, 0) is 42.0 Å². The number of hydrogen-bond donors (Lipinski definition) is 0. The van der Waals surface area contributed by atoms with Crippen molar-refractivity contribution >= 4 is 39.2 Å². The highest BCUT2D eigenvalue weighted by Gasteiger charge is 2.29. The van der Waals surface area contributed by atoms with Gasteiger partial charge in [0.1, 0.15) is 0 Å². The summed E-state index contributed by atoms with van der Waals surface area (Å²) in [6.45, 7) is 0.243. The first kappa shape index (κ1) is 13.4. The van der Waals surface area contributed by atoms with Crippen LogP contribution in [0.4, 0.5) is 5.69 Å². The molecule has 0 aliphatic carbocycles. The SMILES string of the molecule is CN1C(=O)/C(=C\c2ccc3c(c2)OCO3)c2cc(Br)ccc21. The van der Waals surface area contributed by atoms with E-state index in [1.54, 1.807) is 11.9 Å². The van der Waals surface area contributed by atoms with Gasteiger partial charge in [-0.1, -0.05) is 22.0 Å². The monoisotopic (exact) mass is 357 g/mol. The molecule has 5 heteroatoms. The standard InChI is InChI=1S/C17H12BrNO3/c1-19-14-4-3-11(18)8-12(14)13(17(19)20)6-10-2-5-15-16(7-10)22-9-21-15/h2-8H,9H2,1H3/b13-6-. The molecule has 2 heterocycles. The fraction of sp³-hybridized carbons (Fsp3) is 0.118. The zero-order chi connectivity index (χ0) is 15.3. The van der Waals surface area contributed by atoms with Crippen molar-refractivity contribution in [1.29, 1.82) is 0 Å². The maximum absolute atomic E-state index is 12.5. The molecule has 0 saturated carbocycles. The summed E-state index contributed by atoms with van der Waals surface area (Å²) in [6.07, 6.45) is 1.89. The van der Waals surface area contributed by atoms with Crippen molar-refractivity contribution in [2.75, 3.05) is 18.7 Å². The van der Waals surface area contributed by atoms with Crippen LogP contribution in [-0.2, 0) is 4.79 Å². The van der Waals surface area contributed by atoms with Gasteiger partial charge < -0.3 is 14.4 Å². The first-order chi connectivity index (χ1) is 10.6. The molecule has 1 amide bonds. The number of fused-ring (bicyclic) bond motifs is 2. The molecule has 0 atom stereocenters. The summed E-state index contributed by atoms with van der Waals surface area (Å²) in [5.74, 6) is 1.44. The van der Waals surface area contributed by atoms with Crippen LogP contribution in [-0.4, -0.2) is 19.7 Å². The second-order valence-corrected chi connectivity index (χ2v) is 6.11. The fourth-order valence-electron chi connectivity index (χ4n) is 2.73. The van der Waals surface area contributed by atoms with Gasteiger partial charge in [0.25, 0.3) is 5.91 Å². The van der Waals surface area contributed by atoms with Gasteiger partial charge in [0.15, 0.2) is 11.5 Å². The minimum atomic E-state index is -0.00855. The number of anilines is 1. The summed E-state index contributed by atoms with van der Waals surface area (Å²) in [6, 6.07) is 11.5. The van der Waals surface area contributed by atoms with Crippen LogP contribution in [0, 0.1) is 0 Å². The average molecular weight is 358 g/mol. The molecule has 0 aromatic heterocycles. The number of hydrogen-bond acceptors (Lipinski definition) is 3. The molecule has 0 saturated heterocycles. The zero-order valence-corrected chi connectivity index (χ0v) is 13.4. The van der Waals surface area contributed by atoms with Gasteiger partial charge in [0.05, 0.1) is 5.69 Å². The molecule has 2 aromatic carbocycles. The third-order valence-corrected chi connectivity index (χ3v) is 4.35. The summed E-state index contributed by atoms with van der Waals surface area (Å²) in [7, 11) is 1.79. The average Bonchev–Trinajstić information content (AvgIpc) is 3.06. The van der Waals surface area contributed by atoms with Crippen LogP contribution in [0.3, 0.4) is 0 Å². The predicted octanol–water partition coefficient (Wildman–Crippen LogP) is 3.69. The highest BCUT2D eigenvalue weighted by Crippen LogP contribution is 2.39. The van der Waals surface area contributed by atoms with E-state index in [2.05, 4.69) is 15.9 Å². The van der Waals surface area contributed by atoms with Gasteiger partial charge >= 0.3 is 0 Å². The number of carbonyl (C=O) groups excluding carboxylic acids is 1. The van der Waals surface area contributed by atoms with Gasteiger partial charge in [-0.25, -0.2) is 0 Å². The summed E-state index contributed by atoms with van der Waals surface area (Å²) in [5.41, 5.74) is 3.44. The Morgan fingerprint density at radius 1 is 1.14 bits per heavy atom. The number of benzene rings is 2. The van der Waals surface area contributed by atoms with Crippen LogP contribution in [0.5, 0.6) is 11.5 Å². The van der Waals surface area contributed by atoms with Gasteiger partial charge in [0, 0.05) is 22.7 Å². The van der Waals surface area contributed by atoms with Crippen molar-refractivity contribution in [3.05, 3.63) is 52.0 Å². The maximum atomic E-state index is 12.5. The smallest absolute Gasteiger partial charge is 0.258 e. The lowest BCUT2D eigenvalue weighted by Gasteiger charge is -2.08. The summed E-state index contributed by atoms with van der Waals surface area (Å²) in [5, 5.41) is 0. The van der Waals surface area contributed by atoms with E-state index in [0.717, 1.165) is 27.0 Å². The number of halogens is 1. The number of likely N-dealkylation sites (N-methyl/N-ethyl adjacent to an activating group) is 1. The number of nitrogens with zero attached hydrogens (tertiary/aromatic N) is 1. The molecule has 2 aromatic rings. The summed E-state index contributed by atoms with van der Waals surface area (Å²) in [4.78, 5) is 14.2. The first-order valence-corrected chi connectivity index (χ1v) is 7.62. The van der Waals surface area contributed by atoms with E-state index in [0.29, 0.717) is 11.3 Å². The summed E-state index contributed by atoms with van der Waals surface area (Å²) >= 11 is 3.46. The van der Waals surface area contributed by atoms with Gasteiger partial charge in [-0.3, -0.25) is 4.79 Å². The highest BCUT2D eigenvalue weighted by molar-refractivity contribution is 9.10. The molecule has 4 nitrogen and oxygen atoms in total. The van der Waals surface area contributed by atoms with Crippen molar-refractivity contribution < 1.29 is 14.3 Å². The Morgan fingerprint density at radius 3 is 2.82 bits per heavy atom. The number of amides is 1. The molecule has 0 spiro atoms. The van der Waals surface area contributed by atoms with E-state index in [-0.39, 0.29) is 12.7 Å². The Balaban J connectivity index is 1.82.